The lowest BCUT2D eigenvalue weighted by Crippen LogP contribution is -2.29. The van der Waals surface area contributed by atoms with E-state index in [-0.39, 0.29) is 11.3 Å². The van der Waals surface area contributed by atoms with E-state index in [0.717, 1.165) is 4.70 Å². The number of aromatic nitrogens is 2. The molecule has 0 aliphatic carbocycles. The molecule has 9 heteroatoms. The normalized spacial score (nSPS) is 17.2. The number of benzene rings is 2. The Labute approximate surface area is 205 Å². The summed E-state index contributed by atoms with van der Waals surface area (Å²) >= 11 is 1.27. The Morgan fingerprint density at radius 3 is 2.71 bits per heavy atom. The molecule has 176 valence electrons. The molecule has 1 amide bonds. The Balaban J connectivity index is 1.70. The molecule has 1 aliphatic heterocycles. The molecule has 0 spiro atoms. The van der Waals surface area contributed by atoms with Gasteiger partial charge in [0, 0.05) is 12.4 Å². The Bertz CT molecular complexity index is 1460. The largest absolute Gasteiger partial charge is 0.507 e. The number of carbonyl (C=O) groups excluding carboxylic acids is 2. The summed E-state index contributed by atoms with van der Waals surface area (Å²) in [7, 11) is 1.47. The fourth-order valence-corrected chi connectivity index (χ4v) is 5.14. The molecule has 8 nitrogen and oxygen atoms in total. The highest BCUT2D eigenvalue weighted by atomic mass is 32.1. The van der Waals surface area contributed by atoms with Crippen molar-refractivity contribution in [2.45, 2.75) is 13.0 Å². The van der Waals surface area contributed by atoms with Crippen molar-refractivity contribution in [3.63, 3.8) is 0 Å². The molecule has 3 heterocycles. The molecule has 4 aromatic rings. The minimum Gasteiger partial charge on any atom is -0.507 e. The van der Waals surface area contributed by atoms with Crippen LogP contribution in [0.4, 0.5) is 5.13 Å². The molecule has 0 bridgehead atoms. The van der Waals surface area contributed by atoms with Crippen LogP contribution in [0.2, 0.25) is 0 Å². The second kappa shape index (κ2) is 9.19. The van der Waals surface area contributed by atoms with Crippen molar-refractivity contribution < 1.29 is 24.2 Å². The average molecular weight is 488 g/mol. The van der Waals surface area contributed by atoms with Crippen LogP contribution in [0.1, 0.15) is 24.1 Å². The van der Waals surface area contributed by atoms with Crippen LogP contribution >= 0.6 is 11.3 Å². The van der Waals surface area contributed by atoms with Gasteiger partial charge in [-0.3, -0.25) is 19.5 Å². The third-order valence-electron chi connectivity index (χ3n) is 5.67. The smallest absolute Gasteiger partial charge is 0.301 e. The molecule has 1 N–H and O–H groups in total. The number of thiazole rings is 1. The van der Waals surface area contributed by atoms with E-state index in [9.17, 15) is 14.7 Å². The van der Waals surface area contributed by atoms with E-state index in [1.165, 1.54) is 23.3 Å². The van der Waals surface area contributed by atoms with Gasteiger partial charge >= 0.3 is 5.91 Å². The predicted molar refractivity (Wildman–Crippen MR) is 133 cm³/mol. The fourth-order valence-electron chi connectivity index (χ4n) is 4.12. The van der Waals surface area contributed by atoms with E-state index in [2.05, 4.69) is 9.97 Å². The minimum atomic E-state index is -0.916. The minimum absolute atomic E-state index is 0.0539. The molecule has 2 aromatic heterocycles. The number of anilines is 1. The number of hydrogen-bond donors (Lipinski definition) is 1. The van der Waals surface area contributed by atoms with E-state index in [0.29, 0.717) is 39.9 Å². The number of para-hydroxylation sites is 1. The van der Waals surface area contributed by atoms with E-state index in [1.807, 2.05) is 25.1 Å². The maximum absolute atomic E-state index is 13.4. The van der Waals surface area contributed by atoms with Crippen molar-refractivity contribution in [3.8, 4) is 11.5 Å². The first-order valence-corrected chi connectivity index (χ1v) is 11.7. The number of hydrogen-bond acceptors (Lipinski definition) is 8. The number of ether oxygens (including phenoxy) is 2. The van der Waals surface area contributed by atoms with E-state index in [1.54, 1.807) is 48.8 Å². The highest BCUT2D eigenvalue weighted by molar-refractivity contribution is 7.22. The Kier molecular flexibility index (Phi) is 5.92. The van der Waals surface area contributed by atoms with Gasteiger partial charge in [0.15, 0.2) is 5.13 Å². The Morgan fingerprint density at radius 1 is 1.14 bits per heavy atom. The van der Waals surface area contributed by atoms with Crippen LogP contribution in [0.25, 0.3) is 16.0 Å². The third kappa shape index (κ3) is 3.89. The summed E-state index contributed by atoms with van der Waals surface area (Å²) in [6.07, 6.45) is 3.17. The molecule has 1 saturated heterocycles. The zero-order valence-electron chi connectivity index (χ0n) is 19.0. The number of methoxy groups -OCH3 is 1. The molecule has 5 rings (SSSR count). The van der Waals surface area contributed by atoms with Gasteiger partial charge in [0.05, 0.1) is 41.1 Å². The van der Waals surface area contributed by atoms with Crippen molar-refractivity contribution in [1.82, 2.24) is 9.97 Å². The average Bonchev–Trinajstić information content (AvgIpc) is 3.42. The lowest BCUT2D eigenvalue weighted by atomic mass is 9.96. The molecule has 2 aromatic carbocycles. The number of nitrogens with zero attached hydrogens (tertiary/aromatic N) is 3. The van der Waals surface area contributed by atoms with Crippen molar-refractivity contribution in [3.05, 3.63) is 83.7 Å². The Hall–Kier alpha value is -4.24. The van der Waals surface area contributed by atoms with Crippen molar-refractivity contribution >= 4 is 44.1 Å². The molecule has 1 aliphatic rings. The zero-order chi connectivity index (χ0) is 24.5. The van der Waals surface area contributed by atoms with Gasteiger partial charge in [-0.15, -0.1) is 0 Å². The predicted octanol–water partition coefficient (Wildman–Crippen LogP) is 4.72. The fraction of sp³-hybridized carbons (Fsp3) is 0.154. The van der Waals surface area contributed by atoms with Crippen molar-refractivity contribution in [1.29, 1.82) is 0 Å². The first kappa shape index (κ1) is 22.5. The molecule has 1 unspecified atom stereocenters. The van der Waals surface area contributed by atoms with E-state index in [4.69, 9.17) is 9.47 Å². The third-order valence-corrected chi connectivity index (χ3v) is 6.69. The number of rotatable bonds is 6. The monoisotopic (exact) mass is 487 g/mol. The lowest BCUT2D eigenvalue weighted by molar-refractivity contribution is -0.132. The second-order valence-electron chi connectivity index (χ2n) is 7.71. The highest BCUT2D eigenvalue weighted by Crippen LogP contribution is 2.45. The summed E-state index contributed by atoms with van der Waals surface area (Å²) in [5, 5.41) is 11.6. The van der Waals surface area contributed by atoms with Crippen molar-refractivity contribution in [2.24, 2.45) is 0 Å². The van der Waals surface area contributed by atoms with Gasteiger partial charge in [0.1, 0.15) is 17.3 Å². The molecular formula is C26H21N3O5S. The SMILES string of the molecule is CCOc1ccc2nc(N3C(=O)C(=O)/C(=C(/O)c4ccccc4OC)C3c3cccnc3)sc2c1. The summed E-state index contributed by atoms with van der Waals surface area (Å²) in [4.78, 5) is 36.8. The zero-order valence-corrected chi connectivity index (χ0v) is 19.8. The van der Waals surface area contributed by atoms with Gasteiger partial charge in [0.2, 0.25) is 0 Å². The number of amides is 1. The van der Waals surface area contributed by atoms with Gasteiger partial charge in [-0.25, -0.2) is 4.98 Å². The van der Waals surface area contributed by atoms with Gasteiger partial charge in [-0.2, -0.15) is 0 Å². The summed E-state index contributed by atoms with van der Waals surface area (Å²) in [6, 6.07) is 14.8. The maximum atomic E-state index is 13.4. The molecule has 1 atom stereocenters. The Morgan fingerprint density at radius 2 is 1.97 bits per heavy atom. The van der Waals surface area contributed by atoms with Crippen LogP contribution in [0.5, 0.6) is 11.5 Å². The van der Waals surface area contributed by atoms with Gasteiger partial charge < -0.3 is 14.6 Å². The van der Waals surface area contributed by atoms with Gasteiger partial charge in [-0.1, -0.05) is 29.5 Å². The molecule has 0 radical (unpaired) electrons. The van der Waals surface area contributed by atoms with Crippen LogP contribution < -0.4 is 14.4 Å². The number of Topliss-reactive ketones (excluding diaryl/α,β-unsaturated/α-hetero) is 1. The van der Waals surface area contributed by atoms with Crippen LogP contribution in [-0.4, -0.2) is 40.5 Å². The van der Waals surface area contributed by atoms with E-state index < -0.39 is 17.7 Å². The molecule has 1 fully saturated rings. The molecular weight excluding hydrogens is 466 g/mol. The number of pyridine rings is 1. The first-order valence-electron chi connectivity index (χ1n) is 10.9. The summed E-state index contributed by atoms with van der Waals surface area (Å²) in [5.41, 5.74) is 1.50. The number of fused-ring (bicyclic) bond motifs is 1. The maximum Gasteiger partial charge on any atom is 0.301 e. The molecule has 35 heavy (non-hydrogen) atoms. The number of ketones is 1. The standard InChI is InChI=1S/C26H21N3O5S/c1-3-34-16-10-11-18-20(13-16)35-26(28-18)29-22(15-7-6-12-27-14-15)21(24(31)25(29)32)23(30)17-8-4-5-9-19(17)33-2/h4-14,22,30H,3H2,1-2H3/b23-21+. The summed E-state index contributed by atoms with van der Waals surface area (Å²) < 4.78 is 11.8. The van der Waals surface area contributed by atoms with Crippen LogP contribution in [-0.2, 0) is 9.59 Å². The number of carbonyl (C=O) groups is 2. The van der Waals surface area contributed by atoms with Crippen molar-refractivity contribution in [2.75, 3.05) is 18.6 Å². The molecule has 0 saturated carbocycles. The first-order chi connectivity index (χ1) is 17.0. The highest BCUT2D eigenvalue weighted by Gasteiger charge is 2.48. The second-order valence-corrected chi connectivity index (χ2v) is 8.72. The number of aliphatic hydroxyl groups is 1. The topological polar surface area (TPSA) is 102 Å². The summed E-state index contributed by atoms with van der Waals surface area (Å²) in [6.45, 7) is 2.42. The number of aliphatic hydroxyl groups excluding tert-OH is 1. The van der Waals surface area contributed by atoms with Crippen LogP contribution in [0, 0.1) is 0 Å². The van der Waals surface area contributed by atoms with Crippen LogP contribution in [0.3, 0.4) is 0 Å². The lowest BCUT2D eigenvalue weighted by Gasteiger charge is -2.22. The van der Waals surface area contributed by atoms with Gasteiger partial charge in [-0.05, 0) is 48.9 Å². The van der Waals surface area contributed by atoms with Gasteiger partial charge in [0.25, 0.3) is 5.78 Å². The van der Waals surface area contributed by atoms with Crippen LogP contribution in [0.15, 0.2) is 72.6 Å². The quantitative estimate of drug-likeness (QED) is 0.238. The summed E-state index contributed by atoms with van der Waals surface area (Å²) in [5.74, 6) is -0.838. The van der Waals surface area contributed by atoms with E-state index >= 15 is 0 Å².